The summed E-state index contributed by atoms with van der Waals surface area (Å²) in [5.41, 5.74) is 8.02. The fourth-order valence-corrected chi connectivity index (χ4v) is 3.93. The van der Waals surface area contributed by atoms with Crippen LogP contribution in [-0.4, -0.2) is 74.6 Å². The van der Waals surface area contributed by atoms with Crippen molar-refractivity contribution >= 4 is 34.6 Å². The first-order valence-electron chi connectivity index (χ1n) is 10.6. The Morgan fingerprint density at radius 1 is 1.18 bits per heavy atom. The molecule has 0 spiro atoms. The van der Waals surface area contributed by atoms with Gasteiger partial charge in [-0.3, -0.25) is 9.59 Å². The summed E-state index contributed by atoms with van der Waals surface area (Å²) in [6, 6.07) is 9.08. The molecule has 1 saturated heterocycles. The molecule has 34 heavy (non-hydrogen) atoms. The third kappa shape index (κ3) is 4.76. The standard InChI is InChI=1S/C24H25N5O5/c1-34-13-19-24(33)28(12-16-2-5-17-18(10-16)26-14-27-23(17)25)8-9-29(19)22(32)7-4-15-3-6-20(30)21(31)11-15/h2-7,10-11,14,19,30-31H,8-9,12-13H2,1H3,(H2,25,26,27)/b7-4+. The quantitative estimate of drug-likeness (QED) is 0.369. The zero-order valence-corrected chi connectivity index (χ0v) is 18.6. The van der Waals surface area contributed by atoms with E-state index >= 15 is 0 Å². The topological polar surface area (TPSA) is 142 Å². The summed E-state index contributed by atoms with van der Waals surface area (Å²) in [6.07, 6.45) is 4.26. The second kappa shape index (κ2) is 9.75. The molecule has 2 aromatic carbocycles. The molecule has 1 aliphatic heterocycles. The van der Waals surface area contributed by atoms with Gasteiger partial charge in [0, 0.05) is 38.2 Å². The Kier molecular flexibility index (Phi) is 6.60. The van der Waals surface area contributed by atoms with Crippen LogP contribution in [0.1, 0.15) is 11.1 Å². The lowest BCUT2D eigenvalue weighted by molar-refractivity contribution is -0.152. The number of ether oxygens (including phenoxy) is 1. The van der Waals surface area contributed by atoms with E-state index in [1.165, 1.54) is 42.6 Å². The number of aromatic hydroxyl groups is 2. The number of carbonyl (C=O) groups is 2. The number of carbonyl (C=O) groups excluding carboxylic acids is 2. The van der Waals surface area contributed by atoms with Gasteiger partial charge in [-0.25, -0.2) is 9.97 Å². The number of aromatic nitrogens is 2. The number of hydrogen-bond donors (Lipinski definition) is 3. The van der Waals surface area contributed by atoms with Crippen molar-refractivity contribution in [1.82, 2.24) is 19.8 Å². The van der Waals surface area contributed by atoms with Crippen molar-refractivity contribution in [1.29, 1.82) is 0 Å². The van der Waals surface area contributed by atoms with Crippen molar-refractivity contribution < 1.29 is 24.5 Å². The number of anilines is 1. The van der Waals surface area contributed by atoms with Crippen LogP contribution in [0.5, 0.6) is 11.5 Å². The molecule has 0 bridgehead atoms. The summed E-state index contributed by atoms with van der Waals surface area (Å²) in [4.78, 5) is 37.5. The highest BCUT2D eigenvalue weighted by molar-refractivity contribution is 5.96. The zero-order chi connectivity index (χ0) is 24.2. The predicted molar refractivity (Wildman–Crippen MR) is 126 cm³/mol. The summed E-state index contributed by atoms with van der Waals surface area (Å²) in [5.74, 6) is -0.679. The van der Waals surface area contributed by atoms with Gasteiger partial charge in [0.1, 0.15) is 18.2 Å². The van der Waals surface area contributed by atoms with Crippen LogP contribution in [0.15, 0.2) is 48.8 Å². The molecule has 176 valence electrons. The lowest BCUT2D eigenvalue weighted by Crippen LogP contribution is -2.59. The van der Waals surface area contributed by atoms with Crippen LogP contribution in [0.25, 0.3) is 17.0 Å². The maximum Gasteiger partial charge on any atom is 0.248 e. The number of nitrogens with two attached hydrogens (primary N) is 1. The average Bonchev–Trinajstić information content (AvgIpc) is 2.82. The maximum absolute atomic E-state index is 13.2. The number of nitrogens with zero attached hydrogens (tertiary/aromatic N) is 4. The van der Waals surface area contributed by atoms with Crippen molar-refractivity contribution in [3.8, 4) is 11.5 Å². The number of phenolic OH excluding ortho intramolecular Hbond substituents is 2. The van der Waals surface area contributed by atoms with E-state index in [9.17, 15) is 19.8 Å². The molecule has 4 rings (SSSR count). The van der Waals surface area contributed by atoms with Gasteiger partial charge in [0.25, 0.3) is 0 Å². The Balaban J connectivity index is 1.48. The van der Waals surface area contributed by atoms with Crippen LogP contribution in [0.3, 0.4) is 0 Å². The van der Waals surface area contributed by atoms with Gasteiger partial charge < -0.3 is 30.5 Å². The summed E-state index contributed by atoms with van der Waals surface area (Å²) in [5, 5.41) is 19.8. The Morgan fingerprint density at radius 2 is 2.00 bits per heavy atom. The molecule has 1 unspecified atom stereocenters. The van der Waals surface area contributed by atoms with Gasteiger partial charge in [-0.05, 0) is 41.5 Å². The smallest absolute Gasteiger partial charge is 0.248 e. The second-order valence-corrected chi connectivity index (χ2v) is 7.95. The number of rotatable bonds is 6. The van der Waals surface area contributed by atoms with Gasteiger partial charge in [0.05, 0.1) is 12.1 Å². The van der Waals surface area contributed by atoms with Gasteiger partial charge in [-0.1, -0.05) is 12.1 Å². The highest BCUT2D eigenvalue weighted by Crippen LogP contribution is 2.26. The monoisotopic (exact) mass is 463 g/mol. The molecule has 4 N–H and O–H groups in total. The van der Waals surface area contributed by atoms with Crippen LogP contribution in [-0.2, 0) is 20.9 Å². The summed E-state index contributed by atoms with van der Waals surface area (Å²) >= 11 is 0. The van der Waals surface area contributed by atoms with E-state index in [-0.39, 0.29) is 29.9 Å². The lowest BCUT2D eigenvalue weighted by Gasteiger charge is -2.40. The molecule has 1 atom stereocenters. The Bertz CT molecular complexity index is 1260. The first-order valence-corrected chi connectivity index (χ1v) is 10.6. The van der Waals surface area contributed by atoms with Crippen LogP contribution in [0.2, 0.25) is 0 Å². The van der Waals surface area contributed by atoms with Crippen molar-refractivity contribution in [2.45, 2.75) is 12.6 Å². The molecule has 0 radical (unpaired) electrons. The fraction of sp³-hybridized carbons (Fsp3) is 0.250. The molecule has 1 fully saturated rings. The fourth-order valence-electron chi connectivity index (χ4n) is 3.93. The molecule has 1 aliphatic rings. The highest BCUT2D eigenvalue weighted by atomic mass is 16.5. The molecular formula is C24H25N5O5. The van der Waals surface area contributed by atoms with E-state index in [1.54, 1.807) is 11.0 Å². The zero-order valence-electron chi connectivity index (χ0n) is 18.6. The highest BCUT2D eigenvalue weighted by Gasteiger charge is 2.36. The van der Waals surface area contributed by atoms with Gasteiger partial charge in [-0.2, -0.15) is 0 Å². The third-order valence-corrected chi connectivity index (χ3v) is 5.71. The van der Waals surface area contributed by atoms with Gasteiger partial charge in [0.2, 0.25) is 11.8 Å². The molecule has 2 amide bonds. The summed E-state index contributed by atoms with van der Waals surface area (Å²) in [7, 11) is 1.48. The van der Waals surface area contributed by atoms with Crippen LogP contribution < -0.4 is 5.73 Å². The molecule has 10 heteroatoms. The van der Waals surface area contributed by atoms with E-state index in [4.69, 9.17) is 10.5 Å². The summed E-state index contributed by atoms with van der Waals surface area (Å²) in [6.45, 7) is 1.13. The number of piperazine rings is 1. The van der Waals surface area contributed by atoms with Gasteiger partial charge >= 0.3 is 0 Å². The average molecular weight is 463 g/mol. The minimum atomic E-state index is -0.762. The van der Waals surface area contributed by atoms with E-state index in [1.807, 2.05) is 18.2 Å². The van der Waals surface area contributed by atoms with Crippen molar-refractivity contribution in [3.05, 3.63) is 59.9 Å². The van der Waals surface area contributed by atoms with E-state index in [2.05, 4.69) is 9.97 Å². The maximum atomic E-state index is 13.2. The molecule has 0 aliphatic carbocycles. The second-order valence-electron chi connectivity index (χ2n) is 7.95. The number of fused-ring (bicyclic) bond motifs is 1. The Morgan fingerprint density at radius 3 is 2.76 bits per heavy atom. The van der Waals surface area contributed by atoms with Crippen molar-refractivity contribution in [2.75, 3.05) is 32.5 Å². The van der Waals surface area contributed by atoms with Crippen molar-refractivity contribution in [2.24, 2.45) is 0 Å². The largest absolute Gasteiger partial charge is 0.504 e. The molecule has 2 heterocycles. The molecule has 3 aromatic rings. The minimum Gasteiger partial charge on any atom is -0.504 e. The van der Waals surface area contributed by atoms with Crippen LogP contribution >= 0.6 is 0 Å². The van der Waals surface area contributed by atoms with Crippen LogP contribution in [0.4, 0.5) is 5.82 Å². The van der Waals surface area contributed by atoms with E-state index in [0.717, 1.165) is 10.9 Å². The van der Waals surface area contributed by atoms with Gasteiger partial charge in [-0.15, -0.1) is 0 Å². The first kappa shape index (κ1) is 23.0. The van der Waals surface area contributed by atoms with E-state index in [0.29, 0.717) is 36.5 Å². The molecular weight excluding hydrogens is 438 g/mol. The number of nitrogen functional groups attached to an aromatic ring is 1. The summed E-state index contributed by atoms with van der Waals surface area (Å²) < 4.78 is 5.24. The van der Waals surface area contributed by atoms with Crippen molar-refractivity contribution in [3.63, 3.8) is 0 Å². The molecule has 0 saturated carbocycles. The Labute approximate surface area is 195 Å². The number of phenols is 2. The van der Waals surface area contributed by atoms with Crippen LogP contribution in [0, 0.1) is 0 Å². The minimum absolute atomic E-state index is 0.0659. The number of methoxy groups -OCH3 is 1. The van der Waals surface area contributed by atoms with Gasteiger partial charge in [0.15, 0.2) is 11.5 Å². The third-order valence-electron chi connectivity index (χ3n) is 5.71. The van der Waals surface area contributed by atoms with E-state index < -0.39 is 6.04 Å². The number of benzene rings is 2. The Hall–Kier alpha value is -4.18. The SMILES string of the molecule is COCC1C(=O)N(Cc2ccc3c(N)ncnc3c2)CCN1C(=O)/C=C/c1ccc(O)c(O)c1. The predicted octanol–water partition coefficient (Wildman–Crippen LogP) is 1.52. The number of amides is 2. The number of hydrogen-bond acceptors (Lipinski definition) is 8. The normalized spacial score (nSPS) is 16.5. The molecule has 1 aromatic heterocycles. The lowest BCUT2D eigenvalue weighted by atomic mass is 10.1. The molecule has 10 nitrogen and oxygen atoms in total. The first-order chi connectivity index (χ1) is 16.4.